The third-order valence-corrected chi connectivity index (χ3v) is 5.44. The molecule has 1 aromatic heterocycles. The molecule has 0 aliphatic carbocycles. The lowest BCUT2D eigenvalue weighted by molar-refractivity contribution is 0.382. The molecule has 0 amide bonds. The molecule has 0 radical (unpaired) electrons. The number of hydrogen-bond acceptors (Lipinski definition) is 5. The summed E-state index contributed by atoms with van der Waals surface area (Å²) < 4.78 is 10.8. The number of nitrogens with one attached hydrogen (secondary N) is 1. The van der Waals surface area contributed by atoms with Crippen molar-refractivity contribution in [3.63, 3.8) is 0 Å². The van der Waals surface area contributed by atoms with Gasteiger partial charge < -0.3 is 19.7 Å². The number of halogens is 1. The lowest BCUT2D eigenvalue weighted by atomic mass is 10.2. The van der Waals surface area contributed by atoms with Crippen LogP contribution in [0.25, 0.3) is 0 Å². The standard InChI is InChI=1S/C20H30N4O2S.HI/c1-7-17-14(2)27-19(23-17)10-11-22-20(21-3)24(4)13-15-8-9-16(25-5)12-18(15)26-6;/h8-9,12H,7,10-11,13H2,1-6H3,(H,21,22);1H. The van der Waals surface area contributed by atoms with E-state index >= 15 is 0 Å². The first-order chi connectivity index (χ1) is 13.0. The predicted molar refractivity (Wildman–Crippen MR) is 128 cm³/mol. The Morgan fingerprint density at radius 1 is 1.29 bits per heavy atom. The van der Waals surface area contributed by atoms with Crippen LogP contribution in [-0.4, -0.2) is 50.7 Å². The van der Waals surface area contributed by atoms with E-state index < -0.39 is 0 Å². The van der Waals surface area contributed by atoms with E-state index in [1.807, 2.05) is 25.2 Å². The van der Waals surface area contributed by atoms with Crippen molar-refractivity contribution in [2.75, 3.05) is 34.9 Å². The smallest absolute Gasteiger partial charge is 0.193 e. The Morgan fingerprint density at radius 2 is 2.04 bits per heavy atom. The third-order valence-electron chi connectivity index (χ3n) is 4.37. The van der Waals surface area contributed by atoms with E-state index in [9.17, 15) is 0 Å². The molecule has 0 saturated heterocycles. The van der Waals surface area contributed by atoms with Gasteiger partial charge in [-0.3, -0.25) is 4.99 Å². The number of guanidine groups is 1. The van der Waals surface area contributed by atoms with Crippen LogP contribution < -0.4 is 14.8 Å². The van der Waals surface area contributed by atoms with Crippen molar-refractivity contribution in [2.24, 2.45) is 4.99 Å². The second kappa shape index (κ2) is 12.1. The van der Waals surface area contributed by atoms with E-state index in [4.69, 9.17) is 14.5 Å². The number of nitrogens with zero attached hydrogens (tertiary/aromatic N) is 3. The minimum atomic E-state index is 0. The van der Waals surface area contributed by atoms with Crippen LogP contribution in [0.4, 0.5) is 0 Å². The van der Waals surface area contributed by atoms with Gasteiger partial charge in [0.1, 0.15) is 11.5 Å². The molecule has 0 fully saturated rings. The van der Waals surface area contributed by atoms with Gasteiger partial charge in [-0.15, -0.1) is 35.3 Å². The van der Waals surface area contributed by atoms with Gasteiger partial charge in [0, 0.05) is 50.1 Å². The van der Waals surface area contributed by atoms with Crippen molar-refractivity contribution >= 4 is 41.3 Å². The second-order valence-corrected chi connectivity index (χ2v) is 7.51. The Labute approximate surface area is 189 Å². The summed E-state index contributed by atoms with van der Waals surface area (Å²) in [4.78, 5) is 12.5. The lowest BCUT2D eigenvalue weighted by Crippen LogP contribution is -2.39. The van der Waals surface area contributed by atoms with Gasteiger partial charge in [0.2, 0.25) is 0 Å². The zero-order valence-corrected chi connectivity index (χ0v) is 20.7. The van der Waals surface area contributed by atoms with Crippen molar-refractivity contribution in [3.8, 4) is 11.5 Å². The number of methoxy groups -OCH3 is 2. The molecule has 1 aromatic carbocycles. The van der Waals surface area contributed by atoms with Crippen LogP contribution in [0.1, 0.15) is 28.1 Å². The molecular weight excluding hydrogens is 487 g/mol. The summed E-state index contributed by atoms with van der Waals surface area (Å²) in [7, 11) is 7.14. The molecule has 0 atom stereocenters. The molecule has 8 heteroatoms. The molecule has 0 saturated carbocycles. The number of aliphatic imine (C=N–C) groups is 1. The number of aryl methyl sites for hydroxylation is 2. The highest BCUT2D eigenvalue weighted by Crippen LogP contribution is 2.25. The summed E-state index contributed by atoms with van der Waals surface area (Å²) >= 11 is 1.78. The Kier molecular flexibility index (Phi) is 10.6. The fraction of sp³-hybridized carbons (Fsp3) is 0.500. The van der Waals surface area contributed by atoms with Crippen LogP contribution in [0.2, 0.25) is 0 Å². The van der Waals surface area contributed by atoms with Gasteiger partial charge in [-0.1, -0.05) is 6.92 Å². The van der Waals surface area contributed by atoms with Crippen molar-refractivity contribution in [3.05, 3.63) is 39.3 Å². The molecule has 0 unspecified atom stereocenters. The first-order valence-corrected chi connectivity index (χ1v) is 9.91. The fourth-order valence-corrected chi connectivity index (χ4v) is 3.92. The summed E-state index contributed by atoms with van der Waals surface area (Å²) in [5.74, 6) is 2.44. The van der Waals surface area contributed by atoms with Crippen LogP contribution in [0.3, 0.4) is 0 Å². The van der Waals surface area contributed by atoms with Crippen molar-refractivity contribution in [2.45, 2.75) is 33.2 Å². The zero-order chi connectivity index (χ0) is 19.8. The summed E-state index contributed by atoms with van der Waals surface area (Å²) in [6, 6.07) is 5.86. The van der Waals surface area contributed by atoms with Gasteiger partial charge in [0.25, 0.3) is 0 Å². The number of benzene rings is 1. The molecule has 28 heavy (non-hydrogen) atoms. The highest BCUT2D eigenvalue weighted by molar-refractivity contribution is 14.0. The average Bonchev–Trinajstić information content (AvgIpc) is 3.04. The Balaban J connectivity index is 0.00000392. The third kappa shape index (κ3) is 6.51. The van der Waals surface area contributed by atoms with Crippen LogP contribution in [0, 0.1) is 6.92 Å². The summed E-state index contributed by atoms with van der Waals surface area (Å²) in [6.07, 6.45) is 1.88. The monoisotopic (exact) mass is 518 g/mol. The van der Waals surface area contributed by atoms with E-state index in [1.54, 1.807) is 32.6 Å². The molecular formula is C20H31IN4O2S. The van der Waals surface area contributed by atoms with Crippen LogP contribution in [-0.2, 0) is 19.4 Å². The quantitative estimate of drug-likeness (QED) is 0.327. The van der Waals surface area contributed by atoms with Crippen molar-refractivity contribution in [1.82, 2.24) is 15.2 Å². The van der Waals surface area contributed by atoms with Gasteiger partial charge in [0.15, 0.2) is 5.96 Å². The fourth-order valence-electron chi connectivity index (χ4n) is 2.90. The molecule has 0 aliphatic heterocycles. The van der Waals surface area contributed by atoms with E-state index in [2.05, 4.69) is 29.1 Å². The van der Waals surface area contributed by atoms with Gasteiger partial charge >= 0.3 is 0 Å². The number of ether oxygens (including phenoxy) is 2. The van der Waals surface area contributed by atoms with Crippen LogP contribution >= 0.6 is 35.3 Å². The maximum Gasteiger partial charge on any atom is 0.193 e. The number of aromatic nitrogens is 1. The molecule has 6 nitrogen and oxygen atoms in total. The highest BCUT2D eigenvalue weighted by Gasteiger charge is 2.12. The maximum absolute atomic E-state index is 5.49. The summed E-state index contributed by atoms with van der Waals surface area (Å²) in [5, 5.41) is 4.59. The summed E-state index contributed by atoms with van der Waals surface area (Å²) in [5.41, 5.74) is 2.29. The van der Waals surface area contributed by atoms with Gasteiger partial charge in [0.05, 0.1) is 24.9 Å². The minimum Gasteiger partial charge on any atom is -0.497 e. The van der Waals surface area contributed by atoms with Crippen LogP contribution in [0.15, 0.2) is 23.2 Å². The normalized spacial score (nSPS) is 11.0. The predicted octanol–water partition coefficient (Wildman–Crippen LogP) is 3.90. The summed E-state index contributed by atoms with van der Waals surface area (Å²) in [6.45, 7) is 5.77. The van der Waals surface area contributed by atoms with E-state index in [0.29, 0.717) is 6.54 Å². The van der Waals surface area contributed by atoms with E-state index in [-0.39, 0.29) is 24.0 Å². The SMILES string of the molecule is CCc1nc(CCNC(=NC)N(C)Cc2ccc(OC)cc2OC)sc1C.I. The van der Waals surface area contributed by atoms with Gasteiger partial charge in [-0.2, -0.15) is 0 Å². The molecule has 0 aliphatic rings. The molecule has 1 N–H and O–H groups in total. The minimum absolute atomic E-state index is 0. The Hall–Kier alpha value is -1.55. The van der Waals surface area contributed by atoms with Gasteiger partial charge in [-0.05, 0) is 25.5 Å². The average molecular weight is 518 g/mol. The van der Waals surface area contributed by atoms with E-state index in [0.717, 1.165) is 42.4 Å². The highest BCUT2D eigenvalue weighted by atomic mass is 127. The zero-order valence-electron chi connectivity index (χ0n) is 17.5. The molecule has 156 valence electrons. The topological polar surface area (TPSA) is 59.0 Å². The molecule has 1 heterocycles. The largest absolute Gasteiger partial charge is 0.497 e. The molecule has 2 aromatic rings. The molecule has 0 spiro atoms. The van der Waals surface area contributed by atoms with Crippen molar-refractivity contribution in [1.29, 1.82) is 0 Å². The number of rotatable bonds is 8. The number of hydrogen-bond donors (Lipinski definition) is 1. The Morgan fingerprint density at radius 3 is 2.61 bits per heavy atom. The second-order valence-electron chi connectivity index (χ2n) is 6.22. The molecule has 0 bridgehead atoms. The van der Waals surface area contributed by atoms with Crippen molar-refractivity contribution < 1.29 is 9.47 Å². The lowest BCUT2D eigenvalue weighted by Gasteiger charge is -2.23. The van der Waals surface area contributed by atoms with E-state index in [1.165, 1.54) is 15.6 Å². The number of thiazole rings is 1. The first kappa shape index (κ1) is 24.5. The molecule has 2 rings (SSSR count). The first-order valence-electron chi connectivity index (χ1n) is 9.10. The van der Waals surface area contributed by atoms with Gasteiger partial charge in [-0.25, -0.2) is 4.98 Å². The Bertz CT molecular complexity index is 780. The van der Waals surface area contributed by atoms with Crippen LogP contribution in [0.5, 0.6) is 11.5 Å². The maximum atomic E-state index is 5.49.